The first-order valence-corrected chi connectivity index (χ1v) is 9.00. The van der Waals surface area contributed by atoms with Crippen LogP contribution in [0.15, 0.2) is 58.3 Å². The maximum atomic E-state index is 11.8. The van der Waals surface area contributed by atoms with Crippen LogP contribution >= 0.6 is 11.8 Å². The van der Waals surface area contributed by atoms with Gasteiger partial charge < -0.3 is 10.6 Å². The molecule has 2 aromatic rings. The quantitative estimate of drug-likeness (QED) is 0.747. The molecule has 0 radical (unpaired) electrons. The molecule has 116 valence electrons. The summed E-state index contributed by atoms with van der Waals surface area (Å²) in [6.45, 7) is 0. The minimum Gasteiger partial charge on any atom is -0.308 e. The number of carbonyl (C=O) groups is 1. The number of nitrogens with one attached hydrogen (secondary N) is 2. The Morgan fingerprint density at radius 1 is 0.955 bits per heavy atom. The van der Waals surface area contributed by atoms with Gasteiger partial charge in [0.1, 0.15) is 0 Å². The molecule has 0 aromatic heterocycles. The summed E-state index contributed by atoms with van der Waals surface area (Å²) < 4.78 is 22.3. The van der Waals surface area contributed by atoms with Gasteiger partial charge in [0.25, 0.3) is 0 Å². The highest BCUT2D eigenvalue weighted by Crippen LogP contribution is 2.18. The molecule has 0 saturated heterocycles. The molecule has 0 aliphatic rings. The summed E-state index contributed by atoms with van der Waals surface area (Å²) in [7, 11) is -3.73. The maximum Gasteiger partial charge on any atom is 0.323 e. The van der Waals surface area contributed by atoms with E-state index in [1.165, 1.54) is 24.3 Å². The molecule has 2 rings (SSSR count). The van der Waals surface area contributed by atoms with E-state index in [0.717, 1.165) is 4.90 Å². The second-order valence-electron chi connectivity index (χ2n) is 4.38. The monoisotopic (exact) mass is 337 g/mol. The minimum absolute atomic E-state index is 0.00823. The van der Waals surface area contributed by atoms with Gasteiger partial charge in [0.05, 0.1) is 4.90 Å². The van der Waals surface area contributed by atoms with Gasteiger partial charge >= 0.3 is 6.03 Å². The Hall–Kier alpha value is -2.03. The van der Waals surface area contributed by atoms with Crippen molar-refractivity contribution < 1.29 is 13.2 Å². The lowest BCUT2D eigenvalue weighted by molar-refractivity contribution is 0.262. The van der Waals surface area contributed by atoms with Gasteiger partial charge in [-0.25, -0.2) is 18.4 Å². The van der Waals surface area contributed by atoms with Crippen LogP contribution in [-0.4, -0.2) is 20.7 Å². The first-order valence-electron chi connectivity index (χ1n) is 6.23. The van der Waals surface area contributed by atoms with Gasteiger partial charge in [-0.05, 0) is 54.8 Å². The molecule has 2 aromatic carbocycles. The number of urea groups is 1. The molecule has 0 unspecified atom stereocenters. The number of hydrogen-bond donors (Lipinski definition) is 3. The molecule has 4 N–H and O–H groups in total. The Morgan fingerprint density at radius 2 is 1.41 bits per heavy atom. The van der Waals surface area contributed by atoms with Crippen molar-refractivity contribution in [2.45, 2.75) is 9.79 Å². The van der Waals surface area contributed by atoms with E-state index in [4.69, 9.17) is 5.14 Å². The number of amides is 2. The molecule has 0 fully saturated rings. The van der Waals surface area contributed by atoms with Crippen molar-refractivity contribution in [1.29, 1.82) is 0 Å². The zero-order valence-corrected chi connectivity index (χ0v) is 13.4. The van der Waals surface area contributed by atoms with E-state index < -0.39 is 16.1 Å². The van der Waals surface area contributed by atoms with Gasteiger partial charge in [-0.1, -0.05) is 0 Å². The standard InChI is InChI=1S/C14H15N3O3S2/c1-21-12-6-2-10(3-7-12)16-14(18)17-11-4-8-13(9-5-11)22(15,19)20/h2-9H,1H3,(H2,15,19,20)(H2,16,17,18). The van der Waals surface area contributed by atoms with Crippen LogP contribution in [0.1, 0.15) is 0 Å². The topological polar surface area (TPSA) is 101 Å². The Bertz CT molecular complexity index is 757. The van der Waals surface area contributed by atoms with Crippen LogP contribution < -0.4 is 15.8 Å². The zero-order valence-electron chi connectivity index (χ0n) is 11.7. The van der Waals surface area contributed by atoms with Gasteiger partial charge in [-0.2, -0.15) is 0 Å². The van der Waals surface area contributed by atoms with Crippen LogP contribution in [0.3, 0.4) is 0 Å². The fourth-order valence-electron chi connectivity index (χ4n) is 1.70. The number of primary sulfonamides is 1. The molecular weight excluding hydrogens is 322 g/mol. The minimum atomic E-state index is -3.73. The molecule has 0 atom stereocenters. The molecule has 0 bridgehead atoms. The van der Waals surface area contributed by atoms with Crippen molar-refractivity contribution in [3.63, 3.8) is 0 Å². The van der Waals surface area contributed by atoms with Crippen LogP contribution in [0.25, 0.3) is 0 Å². The fourth-order valence-corrected chi connectivity index (χ4v) is 2.62. The molecule has 0 saturated carbocycles. The molecule has 8 heteroatoms. The third-order valence-electron chi connectivity index (χ3n) is 2.79. The summed E-state index contributed by atoms with van der Waals surface area (Å²) in [6, 6.07) is 12.6. The van der Waals surface area contributed by atoms with Gasteiger partial charge in [-0.3, -0.25) is 0 Å². The van der Waals surface area contributed by atoms with Gasteiger partial charge in [0.15, 0.2) is 0 Å². The van der Waals surface area contributed by atoms with Crippen molar-refractivity contribution >= 4 is 39.2 Å². The summed E-state index contributed by atoms with van der Waals surface area (Å²) in [5, 5.41) is 10.3. The Labute approximate surface area is 133 Å². The largest absolute Gasteiger partial charge is 0.323 e. The Kier molecular flexibility index (Phi) is 5.07. The molecule has 22 heavy (non-hydrogen) atoms. The maximum absolute atomic E-state index is 11.8. The Morgan fingerprint density at radius 3 is 1.82 bits per heavy atom. The van der Waals surface area contributed by atoms with Gasteiger partial charge in [0, 0.05) is 16.3 Å². The normalized spacial score (nSPS) is 11.0. The van der Waals surface area contributed by atoms with Crippen molar-refractivity contribution in [3.05, 3.63) is 48.5 Å². The Balaban J connectivity index is 1.99. The highest BCUT2D eigenvalue weighted by molar-refractivity contribution is 7.98. The van der Waals surface area contributed by atoms with E-state index in [-0.39, 0.29) is 4.90 Å². The summed E-state index contributed by atoms with van der Waals surface area (Å²) in [5.41, 5.74) is 1.13. The first kappa shape index (κ1) is 16.3. The highest BCUT2D eigenvalue weighted by Gasteiger charge is 2.08. The number of nitrogens with two attached hydrogens (primary N) is 1. The van der Waals surface area contributed by atoms with Crippen molar-refractivity contribution in [2.24, 2.45) is 5.14 Å². The lowest BCUT2D eigenvalue weighted by Crippen LogP contribution is -2.19. The van der Waals surface area contributed by atoms with Crippen LogP contribution in [0.4, 0.5) is 16.2 Å². The number of thioether (sulfide) groups is 1. The lowest BCUT2D eigenvalue weighted by atomic mass is 10.3. The number of sulfonamides is 1. The molecular formula is C14H15N3O3S2. The van der Waals surface area contributed by atoms with E-state index in [0.29, 0.717) is 11.4 Å². The predicted octanol–water partition coefficient (Wildman–Crippen LogP) is 2.70. The number of benzene rings is 2. The molecule has 0 spiro atoms. The molecule has 0 aliphatic carbocycles. The van der Waals surface area contributed by atoms with E-state index in [1.54, 1.807) is 23.9 Å². The molecule has 6 nitrogen and oxygen atoms in total. The third kappa shape index (κ3) is 4.48. The van der Waals surface area contributed by atoms with E-state index >= 15 is 0 Å². The number of anilines is 2. The molecule has 0 aliphatic heterocycles. The van der Waals surface area contributed by atoms with Crippen LogP contribution in [0, 0.1) is 0 Å². The van der Waals surface area contributed by atoms with Gasteiger partial charge in [-0.15, -0.1) is 11.8 Å². The number of carbonyl (C=O) groups excluding carboxylic acids is 1. The summed E-state index contributed by atoms with van der Waals surface area (Å²) >= 11 is 1.61. The van der Waals surface area contributed by atoms with Crippen molar-refractivity contribution in [3.8, 4) is 0 Å². The average molecular weight is 337 g/mol. The number of rotatable bonds is 4. The van der Waals surface area contributed by atoms with E-state index in [2.05, 4.69) is 10.6 Å². The van der Waals surface area contributed by atoms with E-state index in [1.807, 2.05) is 18.4 Å². The zero-order chi connectivity index (χ0) is 16.2. The average Bonchev–Trinajstić information content (AvgIpc) is 2.47. The third-order valence-corrected chi connectivity index (χ3v) is 4.46. The second kappa shape index (κ2) is 6.82. The highest BCUT2D eigenvalue weighted by atomic mass is 32.2. The molecule has 2 amide bonds. The van der Waals surface area contributed by atoms with Crippen LogP contribution in [0.5, 0.6) is 0 Å². The SMILES string of the molecule is CSc1ccc(NC(=O)Nc2ccc(S(N)(=O)=O)cc2)cc1. The van der Waals surface area contributed by atoms with Crippen molar-refractivity contribution in [2.75, 3.05) is 16.9 Å². The predicted molar refractivity (Wildman–Crippen MR) is 88.7 cm³/mol. The summed E-state index contributed by atoms with van der Waals surface area (Å²) in [4.78, 5) is 12.9. The summed E-state index contributed by atoms with van der Waals surface area (Å²) in [6.07, 6.45) is 1.97. The number of hydrogen-bond acceptors (Lipinski definition) is 4. The smallest absolute Gasteiger partial charge is 0.308 e. The fraction of sp³-hybridized carbons (Fsp3) is 0.0714. The van der Waals surface area contributed by atoms with Crippen molar-refractivity contribution in [1.82, 2.24) is 0 Å². The van der Waals surface area contributed by atoms with E-state index in [9.17, 15) is 13.2 Å². The molecule has 0 heterocycles. The van der Waals surface area contributed by atoms with Crippen LogP contribution in [0.2, 0.25) is 0 Å². The first-order chi connectivity index (χ1) is 10.4. The lowest BCUT2D eigenvalue weighted by Gasteiger charge is -2.08. The van der Waals surface area contributed by atoms with Gasteiger partial charge in [0.2, 0.25) is 10.0 Å². The second-order valence-corrected chi connectivity index (χ2v) is 6.82. The summed E-state index contributed by atoms with van der Waals surface area (Å²) in [5.74, 6) is 0. The van der Waals surface area contributed by atoms with Crippen LogP contribution in [-0.2, 0) is 10.0 Å².